The number of hydrogen-bond acceptors (Lipinski definition) is 1. The van der Waals surface area contributed by atoms with E-state index in [1.807, 2.05) is 48.5 Å². The molecule has 0 bridgehead atoms. The first-order valence-electron chi connectivity index (χ1n) is 9.10. The molecular weight excluding hydrogens is 458 g/mol. The van der Waals surface area contributed by atoms with Gasteiger partial charge in [-0.3, -0.25) is 4.79 Å². The summed E-state index contributed by atoms with van der Waals surface area (Å²) in [6, 6.07) is 25.3. The monoisotopic (exact) mass is 470 g/mol. The van der Waals surface area contributed by atoms with E-state index in [-0.39, 0.29) is 5.78 Å². The second kappa shape index (κ2) is 8.83. The summed E-state index contributed by atoms with van der Waals surface area (Å²) >= 11 is 25.7. The number of benzene rings is 4. The van der Waals surface area contributed by atoms with Crippen LogP contribution < -0.4 is 0 Å². The molecule has 0 radical (unpaired) electrons. The summed E-state index contributed by atoms with van der Waals surface area (Å²) in [5.74, 6) is -0.123. The fourth-order valence-corrected chi connectivity index (χ4v) is 4.21. The van der Waals surface area contributed by atoms with Gasteiger partial charge in [0.25, 0.3) is 0 Å². The van der Waals surface area contributed by atoms with Crippen LogP contribution in [0.3, 0.4) is 0 Å². The Labute approximate surface area is 194 Å². The first kappa shape index (κ1) is 21.0. The second-order valence-corrected chi connectivity index (χ2v) is 8.20. The van der Waals surface area contributed by atoms with Gasteiger partial charge < -0.3 is 0 Å². The molecule has 0 aliphatic rings. The fraction of sp³-hybridized carbons (Fsp3) is 0. The molecule has 5 heteroatoms. The molecule has 148 valence electrons. The van der Waals surface area contributed by atoms with Crippen LogP contribution in [-0.4, -0.2) is 5.78 Å². The minimum absolute atomic E-state index is 0.123. The minimum atomic E-state index is -0.123. The van der Waals surface area contributed by atoms with Gasteiger partial charge in [-0.1, -0.05) is 119 Å². The molecular formula is C25H14Cl4O. The molecule has 0 unspecified atom stereocenters. The largest absolute Gasteiger partial charge is 0.289 e. The molecule has 4 aromatic carbocycles. The first-order valence-corrected chi connectivity index (χ1v) is 10.6. The van der Waals surface area contributed by atoms with Crippen molar-refractivity contribution in [2.45, 2.75) is 0 Å². The molecule has 4 aromatic rings. The third kappa shape index (κ3) is 3.87. The molecule has 0 fully saturated rings. The van der Waals surface area contributed by atoms with Gasteiger partial charge in [0.15, 0.2) is 5.78 Å². The summed E-state index contributed by atoms with van der Waals surface area (Å²) in [5, 5.41) is 1.60. The quantitative estimate of drug-likeness (QED) is 0.271. The third-order valence-electron chi connectivity index (χ3n) is 4.81. The highest BCUT2D eigenvalue weighted by molar-refractivity contribution is 6.45. The zero-order valence-electron chi connectivity index (χ0n) is 15.5. The lowest BCUT2D eigenvalue weighted by molar-refractivity contribution is 0.103. The molecule has 0 aliphatic carbocycles. The van der Waals surface area contributed by atoms with Crippen molar-refractivity contribution in [2.24, 2.45) is 0 Å². The predicted octanol–water partition coefficient (Wildman–Crippen LogP) is 8.87. The molecule has 0 saturated heterocycles. The summed E-state index contributed by atoms with van der Waals surface area (Å²) in [5.41, 5.74) is 3.83. The normalized spacial score (nSPS) is 10.8. The molecule has 0 aliphatic heterocycles. The van der Waals surface area contributed by atoms with Gasteiger partial charge in [0, 0.05) is 27.8 Å². The van der Waals surface area contributed by atoms with E-state index < -0.39 is 0 Å². The van der Waals surface area contributed by atoms with E-state index in [1.165, 1.54) is 0 Å². The van der Waals surface area contributed by atoms with Crippen LogP contribution in [0.4, 0.5) is 0 Å². The van der Waals surface area contributed by atoms with Gasteiger partial charge in [-0.15, -0.1) is 0 Å². The first-order chi connectivity index (χ1) is 14.5. The molecule has 0 N–H and O–H groups in total. The smallest absolute Gasteiger partial charge is 0.193 e. The van der Waals surface area contributed by atoms with Gasteiger partial charge in [0.1, 0.15) is 0 Å². The van der Waals surface area contributed by atoms with Crippen LogP contribution in [-0.2, 0) is 0 Å². The van der Waals surface area contributed by atoms with Gasteiger partial charge in [0.2, 0.25) is 0 Å². The minimum Gasteiger partial charge on any atom is -0.289 e. The maximum absolute atomic E-state index is 13.4. The standard InChI is InChI=1S/C25H14Cl4O/c26-20-13-5-10-17(23(20)28)16-9-4-12-19(25(30)15-7-2-1-3-8-15)22(16)18-11-6-14-21(27)24(18)29/h1-14H. The van der Waals surface area contributed by atoms with Crippen molar-refractivity contribution in [3.8, 4) is 22.3 Å². The van der Waals surface area contributed by atoms with Crippen molar-refractivity contribution < 1.29 is 4.79 Å². The maximum atomic E-state index is 13.4. The Hall–Kier alpha value is -2.29. The SMILES string of the molecule is O=C(c1ccccc1)c1cccc(-c2cccc(Cl)c2Cl)c1-c1cccc(Cl)c1Cl. The van der Waals surface area contributed by atoms with Crippen LogP contribution in [0.5, 0.6) is 0 Å². The average molecular weight is 472 g/mol. The topological polar surface area (TPSA) is 17.1 Å². The Bertz CT molecular complexity index is 1250. The van der Waals surface area contributed by atoms with Crippen LogP contribution in [0.2, 0.25) is 20.1 Å². The van der Waals surface area contributed by atoms with Crippen LogP contribution in [0.1, 0.15) is 15.9 Å². The summed E-state index contributed by atoms with van der Waals surface area (Å²) in [4.78, 5) is 13.4. The molecule has 1 nitrogen and oxygen atoms in total. The summed E-state index contributed by atoms with van der Waals surface area (Å²) < 4.78 is 0. The highest BCUT2D eigenvalue weighted by atomic mass is 35.5. The Kier molecular flexibility index (Phi) is 6.17. The van der Waals surface area contributed by atoms with Gasteiger partial charge in [-0.25, -0.2) is 0 Å². The average Bonchev–Trinajstić information content (AvgIpc) is 2.77. The molecule has 4 rings (SSSR count). The highest BCUT2D eigenvalue weighted by Gasteiger charge is 2.22. The van der Waals surface area contributed by atoms with Crippen LogP contribution >= 0.6 is 46.4 Å². The molecule has 0 saturated carbocycles. The van der Waals surface area contributed by atoms with E-state index in [1.54, 1.807) is 36.4 Å². The van der Waals surface area contributed by atoms with E-state index in [2.05, 4.69) is 0 Å². The zero-order valence-corrected chi connectivity index (χ0v) is 18.5. The summed E-state index contributed by atoms with van der Waals surface area (Å²) in [6.07, 6.45) is 0. The van der Waals surface area contributed by atoms with E-state index >= 15 is 0 Å². The number of rotatable bonds is 4. The molecule has 0 heterocycles. The number of ketones is 1. The fourth-order valence-electron chi connectivity index (χ4n) is 3.41. The number of halogens is 4. The molecule has 0 atom stereocenters. The molecule has 30 heavy (non-hydrogen) atoms. The Morgan fingerprint density at radius 3 is 1.73 bits per heavy atom. The van der Waals surface area contributed by atoms with Crippen molar-refractivity contribution in [3.63, 3.8) is 0 Å². The lowest BCUT2D eigenvalue weighted by atomic mass is 9.87. The van der Waals surface area contributed by atoms with E-state index in [4.69, 9.17) is 46.4 Å². The van der Waals surface area contributed by atoms with Crippen molar-refractivity contribution in [1.29, 1.82) is 0 Å². The van der Waals surface area contributed by atoms with E-state index in [9.17, 15) is 4.79 Å². The Balaban J connectivity index is 2.06. The van der Waals surface area contributed by atoms with Crippen LogP contribution in [0, 0.1) is 0 Å². The number of carbonyl (C=O) groups excluding carboxylic acids is 1. The van der Waals surface area contributed by atoms with Gasteiger partial charge >= 0.3 is 0 Å². The summed E-state index contributed by atoms with van der Waals surface area (Å²) in [6.45, 7) is 0. The van der Waals surface area contributed by atoms with Gasteiger partial charge in [0.05, 0.1) is 20.1 Å². The third-order valence-corrected chi connectivity index (χ3v) is 6.45. The van der Waals surface area contributed by atoms with Crippen molar-refractivity contribution >= 4 is 52.2 Å². The van der Waals surface area contributed by atoms with Crippen LogP contribution in [0.15, 0.2) is 84.9 Å². The van der Waals surface area contributed by atoms with Gasteiger partial charge in [-0.05, 0) is 17.7 Å². The van der Waals surface area contributed by atoms with Crippen molar-refractivity contribution in [2.75, 3.05) is 0 Å². The van der Waals surface area contributed by atoms with E-state index in [0.29, 0.717) is 47.9 Å². The number of hydrogen-bond donors (Lipinski definition) is 0. The second-order valence-electron chi connectivity index (χ2n) is 6.63. The molecule has 0 aromatic heterocycles. The van der Waals surface area contributed by atoms with E-state index in [0.717, 1.165) is 5.56 Å². The Morgan fingerprint density at radius 2 is 1.07 bits per heavy atom. The maximum Gasteiger partial charge on any atom is 0.193 e. The zero-order chi connectivity index (χ0) is 21.3. The summed E-state index contributed by atoms with van der Waals surface area (Å²) in [7, 11) is 0. The highest BCUT2D eigenvalue weighted by Crippen LogP contribution is 2.44. The van der Waals surface area contributed by atoms with Gasteiger partial charge in [-0.2, -0.15) is 0 Å². The molecule has 0 amide bonds. The number of carbonyl (C=O) groups is 1. The van der Waals surface area contributed by atoms with Crippen molar-refractivity contribution in [1.82, 2.24) is 0 Å². The van der Waals surface area contributed by atoms with Crippen molar-refractivity contribution in [3.05, 3.63) is 116 Å². The van der Waals surface area contributed by atoms with Crippen LogP contribution in [0.25, 0.3) is 22.3 Å². The lowest BCUT2D eigenvalue weighted by Gasteiger charge is -2.18. The molecule has 0 spiro atoms. The lowest BCUT2D eigenvalue weighted by Crippen LogP contribution is -2.05. The predicted molar refractivity (Wildman–Crippen MR) is 127 cm³/mol. The Morgan fingerprint density at radius 1 is 0.533 bits per heavy atom.